The predicted molar refractivity (Wildman–Crippen MR) is 151 cm³/mol. The summed E-state index contributed by atoms with van der Waals surface area (Å²) in [7, 11) is -7.74. The number of hydrogen-bond acceptors (Lipinski definition) is 6. The largest absolute Gasteiger partial charge is 0.494 e. The summed E-state index contributed by atoms with van der Waals surface area (Å²) in [6, 6.07) is 18.3. The van der Waals surface area contributed by atoms with E-state index in [1.165, 1.54) is 40.7 Å². The molecule has 0 radical (unpaired) electrons. The Morgan fingerprint density at radius 1 is 0.789 bits per heavy atom. The zero-order valence-corrected chi connectivity index (χ0v) is 24.5. The van der Waals surface area contributed by atoms with E-state index in [0.29, 0.717) is 35.6 Å². The lowest BCUT2D eigenvalue weighted by molar-refractivity contribution is -0.114. The zero-order chi connectivity index (χ0) is 27.9. The number of rotatable bonds is 12. The Morgan fingerprint density at radius 2 is 1.32 bits per heavy atom. The number of carbonyl (C=O) groups excluding carboxylic acids is 1. The van der Waals surface area contributed by atoms with Gasteiger partial charge in [0.05, 0.1) is 22.1 Å². The summed E-state index contributed by atoms with van der Waals surface area (Å²) in [6.45, 7) is 5.98. The minimum absolute atomic E-state index is 0.0216. The molecule has 0 heterocycles. The van der Waals surface area contributed by atoms with Crippen LogP contribution in [0.2, 0.25) is 0 Å². The summed E-state index contributed by atoms with van der Waals surface area (Å²) in [5.74, 6) is -0.0274. The summed E-state index contributed by atoms with van der Waals surface area (Å²) in [4.78, 5) is 13.1. The van der Waals surface area contributed by atoms with Crippen molar-refractivity contribution in [2.75, 3.05) is 35.9 Å². The number of anilines is 2. The van der Waals surface area contributed by atoms with Gasteiger partial charge in [-0.1, -0.05) is 29.8 Å². The maximum atomic E-state index is 13.5. The summed E-state index contributed by atoms with van der Waals surface area (Å²) in [6.07, 6.45) is 0. The van der Waals surface area contributed by atoms with E-state index in [1.54, 1.807) is 50.2 Å². The van der Waals surface area contributed by atoms with Gasteiger partial charge in [0, 0.05) is 23.2 Å². The minimum atomic E-state index is -4.10. The van der Waals surface area contributed by atoms with Crippen molar-refractivity contribution in [3.05, 3.63) is 77.3 Å². The Hall–Kier alpha value is -2.93. The van der Waals surface area contributed by atoms with Crippen molar-refractivity contribution in [1.29, 1.82) is 0 Å². The van der Waals surface area contributed by atoms with Crippen molar-refractivity contribution >= 4 is 53.3 Å². The van der Waals surface area contributed by atoms with Crippen LogP contribution in [0.5, 0.6) is 5.75 Å². The molecule has 0 saturated carbocycles. The Balaban J connectivity index is 1.86. The first kappa shape index (κ1) is 29.6. The number of carbonyl (C=O) groups is 1. The molecule has 0 saturated heterocycles. The van der Waals surface area contributed by atoms with E-state index in [9.17, 15) is 21.6 Å². The Bertz CT molecular complexity index is 1440. The van der Waals surface area contributed by atoms with Crippen LogP contribution >= 0.6 is 15.9 Å². The summed E-state index contributed by atoms with van der Waals surface area (Å²) in [5.41, 5.74) is 0.619. The van der Waals surface area contributed by atoms with Gasteiger partial charge in [0.25, 0.3) is 10.0 Å². The van der Waals surface area contributed by atoms with Crippen LogP contribution in [0.25, 0.3) is 0 Å². The number of nitrogens with zero attached hydrogens (tertiary/aromatic N) is 2. The molecule has 3 rings (SSSR count). The number of ether oxygens (including phenoxy) is 1. The summed E-state index contributed by atoms with van der Waals surface area (Å²) >= 11 is 3.30. The van der Waals surface area contributed by atoms with E-state index in [0.717, 1.165) is 4.31 Å². The highest BCUT2D eigenvalue weighted by atomic mass is 79.9. The van der Waals surface area contributed by atoms with E-state index in [4.69, 9.17) is 4.74 Å². The van der Waals surface area contributed by atoms with Crippen molar-refractivity contribution < 1.29 is 26.4 Å². The molecule has 0 aliphatic rings. The maximum absolute atomic E-state index is 13.5. The number of sulfonamides is 2. The fourth-order valence-corrected chi connectivity index (χ4v) is 6.82. The predicted octanol–water partition coefficient (Wildman–Crippen LogP) is 4.71. The SMILES string of the molecule is CCOc1ccc(N(CC(=O)Nc2ccc(S(=O)(=O)N(CC)CC)cc2)S(=O)(=O)c2ccc(Br)cc2)cc1. The molecule has 0 atom stereocenters. The molecule has 3 aromatic carbocycles. The highest BCUT2D eigenvalue weighted by Crippen LogP contribution is 2.27. The number of halogens is 1. The van der Waals surface area contributed by atoms with E-state index in [1.807, 2.05) is 6.92 Å². The summed E-state index contributed by atoms with van der Waals surface area (Å²) in [5, 5.41) is 2.66. The number of benzene rings is 3. The standard InChI is InChI=1S/C26H30BrN3O6S2/c1-4-29(5-2)37(32,33)24-17-9-21(10-18-24)28-26(31)19-30(22-11-13-23(14-12-22)36-6-3)38(34,35)25-15-7-20(27)8-16-25/h7-18H,4-6,19H2,1-3H3,(H,28,31). The Kier molecular flexibility index (Phi) is 9.94. The van der Waals surface area contributed by atoms with Crippen molar-refractivity contribution in [3.8, 4) is 5.75 Å². The van der Waals surface area contributed by atoms with Crippen LogP contribution in [-0.4, -0.2) is 53.3 Å². The lowest BCUT2D eigenvalue weighted by atomic mass is 10.3. The first-order chi connectivity index (χ1) is 18.0. The second kappa shape index (κ2) is 12.7. The average molecular weight is 625 g/mol. The van der Waals surface area contributed by atoms with Gasteiger partial charge in [0.15, 0.2) is 0 Å². The molecule has 9 nitrogen and oxygen atoms in total. The number of amides is 1. The molecule has 0 aliphatic carbocycles. The highest BCUT2D eigenvalue weighted by Gasteiger charge is 2.28. The topological polar surface area (TPSA) is 113 Å². The van der Waals surface area contributed by atoms with Gasteiger partial charge in [-0.3, -0.25) is 9.10 Å². The fourth-order valence-electron chi connectivity index (χ4n) is 3.68. The maximum Gasteiger partial charge on any atom is 0.264 e. The van der Waals surface area contributed by atoms with Gasteiger partial charge < -0.3 is 10.1 Å². The van der Waals surface area contributed by atoms with Gasteiger partial charge >= 0.3 is 0 Å². The van der Waals surface area contributed by atoms with Crippen molar-refractivity contribution in [2.24, 2.45) is 0 Å². The fraction of sp³-hybridized carbons (Fsp3) is 0.269. The molecule has 3 aromatic rings. The van der Waals surface area contributed by atoms with Crippen molar-refractivity contribution in [2.45, 2.75) is 30.6 Å². The van der Waals surface area contributed by atoms with Crippen LogP contribution in [0, 0.1) is 0 Å². The molecule has 0 aliphatic heterocycles. The molecule has 1 amide bonds. The van der Waals surface area contributed by atoms with Gasteiger partial charge in [-0.05, 0) is 79.7 Å². The molecule has 0 fully saturated rings. The van der Waals surface area contributed by atoms with Crippen LogP contribution in [0.15, 0.2) is 87.1 Å². The normalized spacial score (nSPS) is 11.8. The Morgan fingerprint density at radius 3 is 1.84 bits per heavy atom. The summed E-state index contributed by atoms with van der Waals surface area (Å²) < 4.78 is 61.0. The molecule has 0 bridgehead atoms. The second-order valence-electron chi connectivity index (χ2n) is 8.05. The van der Waals surface area contributed by atoms with E-state index >= 15 is 0 Å². The molecule has 1 N–H and O–H groups in total. The van der Waals surface area contributed by atoms with Crippen LogP contribution in [-0.2, 0) is 24.8 Å². The van der Waals surface area contributed by atoms with Gasteiger partial charge in [-0.15, -0.1) is 0 Å². The van der Waals surface area contributed by atoms with Crippen molar-refractivity contribution in [1.82, 2.24) is 4.31 Å². The quantitative estimate of drug-likeness (QED) is 0.312. The second-order valence-corrected chi connectivity index (χ2v) is 12.8. The van der Waals surface area contributed by atoms with Gasteiger partial charge in [0.1, 0.15) is 12.3 Å². The van der Waals surface area contributed by atoms with Gasteiger partial charge in [-0.25, -0.2) is 16.8 Å². The van der Waals surface area contributed by atoms with Crippen LogP contribution in [0.1, 0.15) is 20.8 Å². The third-order valence-electron chi connectivity index (χ3n) is 5.61. The first-order valence-electron chi connectivity index (χ1n) is 11.9. The number of nitrogens with one attached hydrogen (secondary N) is 1. The molecule has 38 heavy (non-hydrogen) atoms. The van der Waals surface area contributed by atoms with E-state index < -0.39 is 32.5 Å². The highest BCUT2D eigenvalue weighted by molar-refractivity contribution is 9.10. The molecule has 204 valence electrons. The van der Waals surface area contributed by atoms with Crippen molar-refractivity contribution in [3.63, 3.8) is 0 Å². The number of hydrogen-bond donors (Lipinski definition) is 1. The Labute approximate surface area is 232 Å². The first-order valence-corrected chi connectivity index (χ1v) is 15.6. The van der Waals surface area contributed by atoms with Gasteiger partial charge in [-0.2, -0.15) is 4.31 Å². The van der Waals surface area contributed by atoms with Gasteiger partial charge in [0.2, 0.25) is 15.9 Å². The third-order valence-corrected chi connectivity index (χ3v) is 9.99. The molecule has 0 spiro atoms. The molecular formula is C26H30BrN3O6S2. The van der Waals surface area contributed by atoms with Crippen LogP contribution in [0.4, 0.5) is 11.4 Å². The lowest BCUT2D eigenvalue weighted by Crippen LogP contribution is -2.38. The molecule has 0 unspecified atom stereocenters. The van der Waals surface area contributed by atoms with E-state index in [2.05, 4.69) is 21.2 Å². The van der Waals surface area contributed by atoms with E-state index in [-0.39, 0.29) is 15.5 Å². The smallest absolute Gasteiger partial charge is 0.264 e. The third kappa shape index (κ3) is 6.93. The van der Waals surface area contributed by atoms with Crippen LogP contribution in [0.3, 0.4) is 0 Å². The monoisotopic (exact) mass is 623 g/mol. The minimum Gasteiger partial charge on any atom is -0.494 e. The molecule has 12 heteroatoms. The lowest BCUT2D eigenvalue weighted by Gasteiger charge is -2.24. The van der Waals surface area contributed by atoms with Crippen LogP contribution < -0.4 is 14.4 Å². The zero-order valence-electron chi connectivity index (χ0n) is 21.3. The average Bonchev–Trinajstić information content (AvgIpc) is 2.89. The molecule has 0 aromatic heterocycles. The molecular weight excluding hydrogens is 594 g/mol.